The first kappa shape index (κ1) is 11.0. The van der Waals surface area contributed by atoms with Gasteiger partial charge in [-0.05, 0) is 32.1 Å². The number of nitrogens with one attached hydrogen (secondary N) is 1. The first-order valence-corrected chi connectivity index (χ1v) is 5.14. The molecule has 1 aliphatic carbocycles. The van der Waals surface area contributed by atoms with Gasteiger partial charge in [0.1, 0.15) is 0 Å². The van der Waals surface area contributed by atoms with Gasteiger partial charge in [-0.1, -0.05) is 0 Å². The van der Waals surface area contributed by atoms with Gasteiger partial charge >= 0.3 is 0 Å². The average molecular weight is 187 g/mol. The second-order valence-corrected chi connectivity index (χ2v) is 4.00. The normalized spacial score (nSPS) is 21.5. The third-order valence-electron chi connectivity index (χ3n) is 2.60. The number of hydrogen-bond acceptors (Lipinski definition) is 3. The molecule has 2 N–H and O–H groups in total. The summed E-state index contributed by atoms with van der Waals surface area (Å²) in [5, 5.41) is 12.9. The molecule has 3 heteroatoms. The van der Waals surface area contributed by atoms with Crippen LogP contribution < -0.4 is 5.32 Å². The van der Waals surface area contributed by atoms with Gasteiger partial charge in [0.05, 0.1) is 6.10 Å². The van der Waals surface area contributed by atoms with E-state index in [4.69, 9.17) is 4.74 Å². The minimum atomic E-state index is -0.134. The zero-order valence-electron chi connectivity index (χ0n) is 8.62. The van der Waals surface area contributed by atoms with Crippen LogP contribution in [0.25, 0.3) is 0 Å². The number of aliphatic hydroxyl groups excluding tert-OH is 1. The summed E-state index contributed by atoms with van der Waals surface area (Å²) in [6, 6.07) is 0.438. The molecule has 13 heavy (non-hydrogen) atoms. The van der Waals surface area contributed by atoms with Crippen molar-refractivity contribution < 1.29 is 9.84 Å². The predicted octanol–water partition coefficient (Wildman–Crippen LogP) is 0.772. The van der Waals surface area contributed by atoms with Crippen LogP contribution in [-0.4, -0.2) is 37.5 Å². The molecule has 1 aliphatic rings. The van der Waals surface area contributed by atoms with E-state index in [-0.39, 0.29) is 6.10 Å². The SMILES string of the molecule is COCCC(C)NCC(O)C1CC1. The summed E-state index contributed by atoms with van der Waals surface area (Å²) in [4.78, 5) is 0. The minimum absolute atomic E-state index is 0.134. The maximum Gasteiger partial charge on any atom is 0.0692 e. The topological polar surface area (TPSA) is 41.5 Å². The Kier molecular flexibility index (Phi) is 4.70. The van der Waals surface area contributed by atoms with E-state index in [1.54, 1.807) is 7.11 Å². The number of hydrogen-bond donors (Lipinski definition) is 2. The van der Waals surface area contributed by atoms with Crippen molar-refractivity contribution in [1.82, 2.24) is 5.32 Å². The molecule has 0 radical (unpaired) electrons. The maximum atomic E-state index is 9.57. The summed E-state index contributed by atoms with van der Waals surface area (Å²) in [5.41, 5.74) is 0. The van der Waals surface area contributed by atoms with Crippen LogP contribution in [0, 0.1) is 5.92 Å². The fourth-order valence-corrected chi connectivity index (χ4v) is 1.37. The molecule has 78 valence electrons. The molecule has 0 saturated heterocycles. The Labute approximate surface area is 80.5 Å². The summed E-state index contributed by atoms with van der Waals surface area (Å²) >= 11 is 0. The molecule has 0 heterocycles. The Morgan fingerprint density at radius 1 is 1.54 bits per heavy atom. The Morgan fingerprint density at radius 3 is 2.77 bits per heavy atom. The van der Waals surface area contributed by atoms with Gasteiger partial charge in [-0.25, -0.2) is 0 Å². The van der Waals surface area contributed by atoms with Crippen LogP contribution in [0.2, 0.25) is 0 Å². The fraction of sp³-hybridized carbons (Fsp3) is 1.00. The van der Waals surface area contributed by atoms with Crippen LogP contribution in [0.15, 0.2) is 0 Å². The van der Waals surface area contributed by atoms with E-state index < -0.39 is 0 Å². The predicted molar refractivity (Wildman–Crippen MR) is 52.7 cm³/mol. The molecule has 2 atom stereocenters. The lowest BCUT2D eigenvalue weighted by atomic mass is 10.2. The van der Waals surface area contributed by atoms with Crippen molar-refractivity contribution >= 4 is 0 Å². The van der Waals surface area contributed by atoms with Crippen LogP contribution in [0.4, 0.5) is 0 Å². The van der Waals surface area contributed by atoms with Crippen molar-refractivity contribution in [1.29, 1.82) is 0 Å². The lowest BCUT2D eigenvalue weighted by Gasteiger charge is -2.16. The number of aliphatic hydroxyl groups is 1. The van der Waals surface area contributed by atoms with E-state index in [0.717, 1.165) is 19.6 Å². The van der Waals surface area contributed by atoms with Crippen molar-refractivity contribution in [2.45, 2.75) is 38.3 Å². The molecule has 1 fully saturated rings. The van der Waals surface area contributed by atoms with Gasteiger partial charge in [-0.15, -0.1) is 0 Å². The molecular weight excluding hydrogens is 166 g/mol. The highest BCUT2D eigenvalue weighted by Crippen LogP contribution is 2.32. The third-order valence-corrected chi connectivity index (χ3v) is 2.60. The van der Waals surface area contributed by atoms with E-state index in [0.29, 0.717) is 12.0 Å². The lowest BCUT2D eigenvalue weighted by Crippen LogP contribution is -2.35. The van der Waals surface area contributed by atoms with Gasteiger partial charge < -0.3 is 15.2 Å². The fourth-order valence-electron chi connectivity index (χ4n) is 1.37. The Balaban J connectivity index is 1.96. The molecule has 2 unspecified atom stereocenters. The molecule has 3 nitrogen and oxygen atoms in total. The summed E-state index contributed by atoms with van der Waals surface area (Å²) in [5.74, 6) is 0.571. The van der Waals surface area contributed by atoms with Crippen LogP contribution >= 0.6 is 0 Å². The number of ether oxygens (including phenoxy) is 1. The van der Waals surface area contributed by atoms with Crippen LogP contribution in [0.1, 0.15) is 26.2 Å². The van der Waals surface area contributed by atoms with Gasteiger partial charge in [-0.2, -0.15) is 0 Å². The first-order chi connectivity index (χ1) is 6.24. The second kappa shape index (κ2) is 5.58. The van der Waals surface area contributed by atoms with E-state index in [1.807, 2.05) is 0 Å². The molecule has 0 aromatic rings. The zero-order valence-corrected chi connectivity index (χ0v) is 8.62. The van der Waals surface area contributed by atoms with Crippen LogP contribution in [0.3, 0.4) is 0 Å². The third kappa shape index (κ3) is 4.60. The van der Waals surface area contributed by atoms with Crippen molar-refractivity contribution in [2.24, 2.45) is 5.92 Å². The Morgan fingerprint density at radius 2 is 2.23 bits per heavy atom. The molecule has 1 rings (SSSR count). The van der Waals surface area contributed by atoms with Gasteiger partial charge in [0.25, 0.3) is 0 Å². The van der Waals surface area contributed by atoms with Crippen molar-refractivity contribution in [3.63, 3.8) is 0 Å². The van der Waals surface area contributed by atoms with Crippen LogP contribution in [0.5, 0.6) is 0 Å². The summed E-state index contributed by atoms with van der Waals surface area (Å²) in [6.07, 6.45) is 3.28. The van der Waals surface area contributed by atoms with Crippen LogP contribution in [-0.2, 0) is 4.74 Å². The molecular formula is C10H21NO2. The Bertz CT molecular complexity index is 137. The van der Waals surface area contributed by atoms with Crippen molar-refractivity contribution in [2.75, 3.05) is 20.3 Å². The van der Waals surface area contributed by atoms with Gasteiger partial charge in [0, 0.05) is 26.3 Å². The minimum Gasteiger partial charge on any atom is -0.392 e. The van der Waals surface area contributed by atoms with Gasteiger partial charge in [0.15, 0.2) is 0 Å². The standard InChI is InChI=1S/C10H21NO2/c1-8(5-6-13-2)11-7-10(12)9-3-4-9/h8-12H,3-7H2,1-2H3. The number of rotatable bonds is 7. The molecule has 0 spiro atoms. The highest BCUT2D eigenvalue weighted by molar-refractivity contribution is 4.82. The van der Waals surface area contributed by atoms with E-state index in [9.17, 15) is 5.11 Å². The first-order valence-electron chi connectivity index (χ1n) is 5.14. The smallest absolute Gasteiger partial charge is 0.0692 e. The maximum absolute atomic E-state index is 9.57. The number of methoxy groups -OCH3 is 1. The quantitative estimate of drug-likeness (QED) is 0.618. The average Bonchev–Trinajstić information content (AvgIpc) is 2.93. The van der Waals surface area contributed by atoms with Crippen molar-refractivity contribution in [3.05, 3.63) is 0 Å². The lowest BCUT2D eigenvalue weighted by molar-refractivity contribution is 0.139. The summed E-state index contributed by atoms with van der Waals surface area (Å²) in [6.45, 7) is 3.64. The molecule has 0 bridgehead atoms. The molecule has 0 aliphatic heterocycles. The van der Waals surface area contributed by atoms with E-state index in [1.165, 1.54) is 12.8 Å². The monoisotopic (exact) mass is 187 g/mol. The Hall–Kier alpha value is -0.120. The molecule has 0 aromatic heterocycles. The molecule has 0 aromatic carbocycles. The highest BCUT2D eigenvalue weighted by Gasteiger charge is 2.29. The summed E-state index contributed by atoms with van der Waals surface area (Å²) < 4.78 is 4.98. The van der Waals surface area contributed by atoms with Gasteiger partial charge in [0.2, 0.25) is 0 Å². The largest absolute Gasteiger partial charge is 0.392 e. The summed E-state index contributed by atoms with van der Waals surface area (Å²) in [7, 11) is 1.71. The second-order valence-electron chi connectivity index (χ2n) is 4.00. The molecule has 1 saturated carbocycles. The van der Waals surface area contributed by atoms with Crippen molar-refractivity contribution in [3.8, 4) is 0 Å². The zero-order chi connectivity index (χ0) is 9.68. The van der Waals surface area contributed by atoms with Gasteiger partial charge in [-0.3, -0.25) is 0 Å². The van der Waals surface area contributed by atoms with E-state index >= 15 is 0 Å². The highest BCUT2D eigenvalue weighted by atomic mass is 16.5. The van der Waals surface area contributed by atoms with E-state index in [2.05, 4.69) is 12.2 Å². The molecule has 0 amide bonds.